The van der Waals surface area contributed by atoms with Gasteiger partial charge in [-0.1, -0.05) is 52.0 Å². The fourth-order valence-corrected chi connectivity index (χ4v) is 2.90. The quantitative estimate of drug-likeness (QED) is 0.685. The van der Waals surface area contributed by atoms with Crippen molar-refractivity contribution in [2.45, 2.75) is 39.5 Å². The van der Waals surface area contributed by atoms with Crippen LogP contribution < -0.4 is 0 Å². The molecule has 1 aliphatic rings. The molecule has 3 rings (SSSR count). The molecular weight excluding hydrogens is 272 g/mol. The summed E-state index contributed by atoms with van der Waals surface area (Å²) in [6, 6.07) is 11.2. The third kappa shape index (κ3) is 2.19. The summed E-state index contributed by atoms with van der Waals surface area (Å²) in [5.74, 6) is 0.581. The maximum Gasteiger partial charge on any atom is 0.194 e. The number of fused-ring (bicyclic) bond motifs is 2. The second-order valence-corrected chi connectivity index (χ2v) is 6.58. The van der Waals surface area contributed by atoms with Gasteiger partial charge < -0.3 is 0 Å². The smallest absolute Gasteiger partial charge is 0.194 e. The summed E-state index contributed by atoms with van der Waals surface area (Å²) in [6.45, 7) is 8.34. The van der Waals surface area contributed by atoms with E-state index < -0.39 is 0 Å². The lowest BCUT2D eigenvalue weighted by Gasteiger charge is -2.20. The van der Waals surface area contributed by atoms with Crippen molar-refractivity contribution in [2.24, 2.45) is 0 Å². The Kier molecular flexibility index (Phi) is 3.48. The van der Waals surface area contributed by atoms with Gasteiger partial charge in [0, 0.05) is 22.3 Å². The third-order valence-corrected chi connectivity index (χ3v) is 4.40. The first-order valence-corrected chi connectivity index (χ1v) is 7.77. The normalized spacial score (nSPS) is 13.5. The average Bonchev–Trinajstić information content (AvgIpc) is 2.51. The van der Waals surface area contributed by atoms with Gasteiger partial charge in [0.25, 0.3) is 0 Å². The van der Waals surface area contributed by atoms with Crippen molar-refractivity contribution in [3.05, 3.63) is 69.8 Å². The lowest BCUT2D eigenvalue weighted by Crippen LogP contribution is -2.21. The highest BCUT2D eigenvalue weighted by atomic mass is 16.1. The van der Waals surface area contributed by atoms with Gasteiger partial charge in [0.15, 0.2) is 11.6 Å². The van der Waals surface area contributed by atoms with E-state index in [0.717, 1.165) is 11.1 Å². The molecule has 0 saturated heterocycles. The second-order valence-electron chi connectivity index (χ2n) is 6.58. The van der Waals surface area contributed by atoms with E-state index in [4.69, 9.17) is 0 Å². The summed E-state index contributed by atoms with van der Waals surface area (Å²) in [7, 11) is 0. The van der Waals surface area contributed by atoms with E-state index in [1.165, 1.54) is 0 Å². The van der Waals surface area contributed by atoms with Gasteiger partial charge in [0.2, 0.25) is 0 Å². The minimum atomic E-state index is -0.0461. The summed E-state index contributed by atoms with van der Waals surface area (Å²) in [5.41, 5.74) is 4.32. The van der Waals surface area contributed by atoms with Crippen LogP contribution in [0.3, 0.4) is 0 Å². The molecule has 0 fully saturated rings. The van der Waals surface area contributed by atoms with Crippen molar-refractivity contribution in [1.29, 1.82) is 0 Å². The van der Waals surface area contributed by atoms with E-state index in [2.05, 4.69) is 27.7 Å². The molecule has 0 N–H and O–H groups in total. The Morgan fingerprint density at radius 1 is 0.591 bits per heavy atom. The Labute approximate surface area is 131 Å². The lowest BCUT2D eigenvalue weighted by molar-refractivity contribution is 0.0979. The van der Waals surface area contributed by atoms with Gasteiger partial charge in [-0.3, -0.25) is 9.59 Å². The van der Waals surface area contributed by atoms with Gasteiger partial charge >= 0.3 is 0 Å². The van der Waals surface area contributed by atoms with Gasteiger partial charge in [-0.05, 0) is 35.1 Å². The Morgan fingerprint density at radius 2 is 0.955 bits per heavy atom. The molecule has 22 heavy (non-hydrogen) atoms. The SMILES string of the molecule is CC(C)c1ccc2c(c1)C(=O)c1cc(C(C)C)ccc1C2=O. The Morgan fingerprint density at radius 3 is 1.32 bits per heavy atom. The molecule has 2 aromatic carbocycles. The van der Waals surface area contributed by atoms with Crippen LogP contribution in [-0.2, 0) is 0 Å². The van der Waals surface area contributed by atoms with Crippen molar-refractivity contribution < 1.29 is 9.59 Å². The Balaban J connectivity index is 2.19. The number of benzene rings is 2. The molecule has 0 aromatic heterocycles. The van der Waals surface area contributed by atoms with Crippen LogP contribution in [0.15, 0.2) is 36.4 Å². The maximum atomic E-state index is 12.9. The van der Waals surface area contributed by atoms with Crippen molar-refractivity contribution >= 4 is 11.6 Å². The fraction of sp³-hybridized carbons (Fsp3) is 0.300. The van der Waals surface area contributed by atoms with Gasteiger partial charge in [0.05, 0.1) is 0 Å². The minimum absolute atomic E-state index is 0.0328. The number of ketones is 2. The summed E-state index contributed by atoms with van der Waals surface area (Å²) < 4.78 is 0. The summed E-state index contributed by atoms with van der Waals surface area (Å²) >= 11 is 0. The zero-order chi connectivity index (χ0) is 16.0. The van der Waals surface area contributed by atoms with Gasteiger partial charge in [-0.15, -0.1) is 0 Å². The molecule has 1 aliphatic carbocycles. The van der Waals surface area contributed by atoms with Gasteiger partial charge in [0.1, 0.15) is 0 Å². The van der Waals surface area contributed by atoms with Crippen molar-refractivity contribution in [2.75, 3.05) is 0 Å². The van der Waals surface area contributed by atoms with Crippen molar-refractivity contribution in [3.63, 3.8) is 0 Å². The van der Waals surface area contributed by atoms with Crippen molar-refractivity contribution in [1.82, 2.24) is 0 Å². The summed E-state index contributed by atoms with van der Waals surface area (Å²) in [5, 5.41) is 0. The molecule has 0 unspecified atom stereocenters. The van der Waals surface area contributed by atoms with E-state index >= 15 is 0 Å². The van der Waals surface area contributed by atoms with E-state index in [1.54, 1.807) is 12.1 Å². The molecule has 2 heteroatoms. The van der Waals surface area contributed by atoms with E-state index in [0.29, 0.717) is 34.1 Å². The highest BCUT2D eigenvalue weighted by Gasteiger charge is 2.30. The average molecular weight is 292 g/mol. The van der Waals surface area contributed by atoms with Crippen LogP contribution >= 0.6 is 0 Å². The number of carbonyl (C=O) groups is 2. The lowest BCUT2D eigenvalue weighted by atomic mass is 9.81. The second kappa shape index (κ2) is 5.20. The van der Waals surface area contributed by atoms with Crippen LogP contribution in [0.5, 0.6) is 0 Å². The first kappa shape index (κ1) is 14.7. The minimum Gasteiger partial charge on any atom is -0.289 e. The number of carbonyl (C=O) groups excluding carboxylic acids is 2. The van der Waals surface area contributed by atoms with Crippen LogP contribution in [-0.4, -0.2) is 11.6 Å². The van der Waals surface area contributed by atoms with Gasteiger partial charge in [-0.2, -0.15) is 0 Å². The van der Waals surface area contributed by atoms with Crippen molar-refractivity contribution in [3.8, 4) is 0 Å². The Hall–Kier alpha value is -2.22. The number of rotatable bonds is 2. The monoisotopic (exact) mass is 292 g/mol. The zero-order valence-electron chi connectivity index (χ0n) is 13.4. The van der Waals surface area contributed by atoms with Crippen LogP contribution in [0, 0.1) is 0 Å². The highest BCUT2D eigenvalue weighted by molar-refractivity contribution is 6.28. The first-order chi connectivity index (χ1) is 10.4. The van der Waals surface area contributed by atoms with Crippen LogP contribution in [0.2, 0.25) is 0 Å². The van der Waals surface area contributed by atoms with E-state index in [9.17, 15) is 9.59 Å². The van der Waals surface area contributed by atoms with Crippen LogP contribution in [0.1, 0.15) is 82.5 Å². The summed E-state index contributed by atoms with van der Waals surface area (Å²) in [6.07, 6.45) is 0. The zero-order valence-corrected chi connectivity index (χ0v) is 13.4. The molecule has 2 nitrogen and oxygen atoms in total. The standard InChI is InChI=1S/C20H20O2/c1-11(2)13-5-7-15-17(9-13)20(22)18-10-14(12(3)4)6-8-16(18)19(15)21/h5-12H,1-4H3. The third-order valence-electron chi connectivity index (χ3n) is 4.40. The largest absolute Gasteiger partial charge is 0.289 e. The Bertz CT molecular complexity index is 719. The first-order valence-electron chi connectivity index (χ1n) is 7.77. The molecule has 0 heterocycles. The van der Waals surface area contributed by atoms with Crippen LogP contribution in [0.4, 0.5) is 0 Å². The van der Waals surface area contributed by atoms with Crippen LogP contribution in [0.25, 0.3) is 0 Å². The molecule has 0 radical (unpaired) electrons. The summed E-state index contributed by atoms with van der Waals surface area (Å²) in [4.78, 5) is 25.5. The molecule has 0 spiro atoms. The van der Waals surface area contributed by atoms with E-state index in [1.807, 2.05) is 24.3 Å². The van der Waals surface area contributed by atoms with E-state index in [-0.39, 0.29) is 11.6 Å². The van der Waals surface area contributed by atoms with Gasteiger partial charge in [-0.25, -0.2) is 0 Å². The molecule has 0 amide bonds. The predicted octanol–water partition coefficient (Wildman–Crippen LogP) is 4.71. The highest BCUT2D eigenvalue weighted by Crippen LogP contribution is 2.31. The molecule has 112 valence electrons. The fourth-order valence-electron chi connectivity index (χ4n) is 2.90. The number of hydrogen-bond acceptors (Lipinski definition) is 2. The molecule has 2 aromatic rings. The predicted molar refractivity (Wildman–Crippen MR) is 87.9 cm³/mol. The molecule has 0 bridgehead atoms. The maximum absolute atomic E-state index is 12.9. The molecule has 0 saturated carbocycles. The molecule has 0 aliphatic heterocycles. The number of hydrogen-bond donors (Lipinski definition) is 0. The molecule has 0 atom stereocenters. The molecular formula is C20H20O2. The topological polar surface area (TPSA) is 34.1 Å².